The van der Waals surface area contributed by atoms with Crippen LogP contribution in [0.5, 0.6) is 5.75 Å². The van der Waals surface area contributed by atoms with E-state index in [9.17, 15) is 19.8 Å². The molecule has 2 N–H and O–H groups in total. The summed E-state index contributed by atoms with van der Waals surface area (Å²) in [5, 5.41) is 18.9. The number of pyridine rings is 1. The SMILES string of the molecule is Cc1cc2oc(-c3ccc(O)cc3)c(CC(=O)O)c2c(=O)n1C. The first-order valence-electron chi connectivity index (χ1n) is 7.01. The highest BCUT2D eigenvalue weighted by molar-refractivity contribution is 5.91. The number of furan rings is 1. The number of nitrogens with zero attached hydrogens (tertiary/aromatic N) is 1. The molecule has 0 amide bonds. The number of aromatic nitrogens is 1. The summed E-state index contributed by atoms with van der Waals surface area (Å²) >= 11 is 0. The van der Waals surface area contributed by atoms with Crippen LogP contribution in [0.25, 0.3) is 22.3 Å². The van der Waals surface area contributed by atoms with Gasteiger partial charge in [0.2, 0.25) is 0 Å². The topological polar surface area (TPSA) is 92.7 Å². The van der Waals surface area contributed by atoms with Crippen LogP contribution in [-0.4, -0.2) is 20.7 Å². The summed E-state index contributed by atoms with van der Waals surface area (Å²) in [4.78, 5) is 23.7. The Morgan fingerprint density at radius 3 is 2.52 bits per heavy atom. The van der Waals surface area contributed by atoms with E-state index in [1.807, 2.05) is 0 Å². The number of aryl methyl sites for hydroxylation is 1. The summed E-state index contributed by atoms with van der Waals surface area (Å²) in [6.45, 7) is 1.78. The van der Waals surface area contributed by atoms with Crippen molar-refractivity contribution in [1.29, 1.82) is 0 Å². The standard InChI is InChI=1S/C17H15NO5/c1-9-7-13-15(17(22)18(9)2)12(8-14(20)21)16(23-13)10-3-5-11(19)6-4-10/h3-7,19H,8H2,1-2H3,(H,20,21). The molecule has 118 valence electrons. The highest BCUT2D eigenvalue weighted by Gasteiger charge is 2.22. The van der Waals surface area contributed by atoms with Gasteiger partial charge in [-0.05, 0) is 31.2 Å². The van der Waals surface area contributed by atoms with Gasteiger partial charge in [-0.2, -0.15) is 0 Å². The van der Waals surface area contributed by atoms with E-state index in [0.29, 0.717) is 22.5 Å². The Balaban J connectivity index is 2.37. The molecule has 1 aromatic carbocycles. The van der Waals surface area contributed by atoms with Gasteiger partial charge in [-0.1, -0.05) is 0 Å². The molecule has 0 bridgehead atoms. The van der Waals surface area contributed by atoms with Gasteiger partial charge in [0.15, 0.2) is 0 Å². The lowest BCUT2D eigenvalue weighted by atomic mass is 10.0. The predicted molar refractivity (Wildman–Crippen MR) is 84.6 cm³/mol. The number of hydrogen-bond donors (Lipinski definition) is 2. The Hall–Kier alpha value is -3.02. The van der Waals surface area contributed by atoms with Gasteiger partial charge in [-0.25, -0.2) is 0 Å². The fraction of sp³-hybridized carbons (Fsp3) is 0.176. The maximum Gasteiger partial charge on any atom is 0.307 e. The van der Waals surface area contributed by atoms with Crippen LogP contribution in [0, 0.1) is 6.92 Å². The average Bonchev–Trinajstić information content (AvgIpc) is 2.83. The molecule has 0 atom stereocenters. The zero-order chi connectivity index (χ0) is 16.7. The van der Waals surface area contributed by atoms with Crippen molar-refractivity contribution in [1.82, 2.24) is 4.57 Å². The number of phenolic OH excluding ortho intramolecular Hbond substituents is 1. The largest absolute Gasteiger partial charge is 0.508 e. The number of carboxylic acids is 1. The van der Waals surface area contributed by atoms with Crippen molar-refractivity contribution in [3.05, 3.63) is 51.9 Å². The fourth-order valence-electron chi connectivity index (χ4n) is 2.60. The minimum absolute atomic E-state index is 0.0939. The van der Waals surface area contributed by atoms with Crippen LogP contribution in [0.4, 0.5) is 0 Å². The second-order valence-corrected chi connectivity index (χ2v) is 5.42. The van der Waals surface area contributed by atoms with Gasteiger partial charge in [-0.15, -0.1) is 0 Å². The first-order valence-corrected chi connectivity index (χ1v) is 7.01. The second-order valence-electron chi connectivity index (χ2n) is 5.42. The van der Waals surface area contributed by atoms with Gasteiger partial charge in [0, 0.05) is 29.9 Å². The zero-order valence-electron chi connectivity index (χ0n) is 12.7. The summed E-state index contributed by atoms with van der Waals surface area (Å²) in [7, 11) is 1.63. The van der Waals surface area contributed by atoms with E-state index in [1.165, 1.54) is 16.7 Å². The molecular formula is C17H15NO5. The van der Waals surface area contributed by atoms with E-state index in [1.54, 1.807) is 32.2 Å². The lowest BCUT2D eigenvalue weighted by Crippen LogP contribution is -2.19. The van der Waals surface area contributed by atoms with Gasteiger partial charge >= 0.3 is 5.97 Å². The van der Waals surface area contributed by atoms with E-state index < -0.39 is 5.97 Å². The average molecular weight is 313 g/mol. The summed E-state index contributed by atoms with van der Waals surface area (Å²) in [6.07, 6.45) is -0.318. The van der Waals surface area contributed by atoms with Gasteiger partial charge in [-0.3, -0.25) is 9.59 Å². The Kier molecular flexibility index (Phi) is 3.44. The number of fused-ring (bicyclic) bond motifs is 1. The van der Waals surface area contributed by atoms with Gasteiger partial charge in [0.05, 0.1) is 11.8 Å². The minimum atomic E-state index is -1.05. The second kappa shape index (κ2) is 5.31. The highest BCUT2D eigenvalue weighted by Crippen LogP contribution is 2.33. The number of carbonyl (C=O) groups is 1. The third kappa shape index (κ3) is 2.48. The summed E-state index contributed by atoms with van der Waals surface area (Å²) < 4.78 is 7.25. The predicted octanol–water partition coefficient (Wildman–Crippen LogP) is 2.44. The van der Waals surface area contributed by atoms with E-state index in [0.717, 1.165) is 5.69 Å². The third-order valence-electron chi connectivity index (χ3n) is 3.88. The van der Waals surface area contributed by atoms with Crippen LogP contribution in [0.15, 0.2) is 39.5 Å². The van der Waals surface area contributed by atoms with Crippen molar-refractivity contribution in [3.63, 3.8) is 0 Å². The molecule has 0 aliphatic heterocycles. The first-order chi connectivity index (χ1) is 10.9. The van der Waals surface area contributed by atoms with Crippen molar-refractivity contribution in [2.75, 3.05) is 0 Å². The van der Waals surface area contributed by atoms with Crippen molar-refractivity contribution in [3.8, 4) is 17.1 Å². The molecule has 23 heavy (non-hydrogen) atoms. The molecule has 0 saturated heterocycles. The zero-order valence-corrected chi connectivity index (χ0v) is 12.7. The highest BCUT2D eigenvalue weighted by atomic mass is 16.4. The van der Waals surface area contributed by atoms with Gasteiger partial charge in [0.25, 0.3) is 5.56 Å². The van der Waals surface area contributed by atoms with E-state index in [2.05, 4.69) is 0 Å². The normalized spacial score (nSPS) is 11.0. The quantitative estimate of drug-likeness (QED) is 0.774. The number of hydrogen-bond acceptors (Lipinski definition) is 4. The minimum Gasteiger partial charge on any atom is -0.508 e. The molecule has 0 aliphatic carbocycles. The molecule has 0 spiro atoms. The summed E-state index contributed by atoms with van der Waals surface area (Å²) in [6, 6.07) is 7.92. The molecule has 0 saturated carbocycles. The third-order valence-corrected chi connectivity index (χ3v) is 3.88. The number of aliphatic carboxylic acids is 1. The monoisotopic (exact) mass is 313 g/mol. The molecule has 0 unspecified atom stereocenters. The van der Waals surface area contributed by atoms with Crippen LogP contribution < -0.4 is 5.56 Å². The number of benzene rings is 1. The van der Waals surface area contributed by atoms with E-state index >= 15 is 0 Å². The lowest BCUT2D eigenvalue weighted by molar-refractivity contribution is -0.136. The molecule has 2 heterocycles. The van der Waals surface area contributed by atoms with E-state index in [4.69, 9.17) is 4.42 Å². The lowest BCUT2D eigenvalue weighted by Gasteiger charge is -2.03. The van der Waals surface area contributed by atoms with E-state index in [-0.39, 0.29) is 23.1 Å². The summed E-state index contributed by atoms with van der Waals surface area (Å²) in [5.74, 6) is -0.614. The van der Waals surface area contributed by atoms with Crippen LogP contribution >= 0.6 is 0 Å². The van der Waals surface area contributed by atoms with Crippen molar-refractivity contribution < 1.29 is 19.4 Å². The molecule has 0 radical (unpaired) electrons. The number of aromatic hydroxyl groups is 1. The Labute approximate surface area is 131 Å². The van der Waals surface area contributed by atoms with Crippen molar-refractivity contribution >= 4 is 16.9 Å². The number of phenols is 1. The molecule has 3 aromatic rings. The number of rotatable bonds is 3. The van der Waals surface area contributed by atoms with Crippen LogP contribution in [0.3, 0.4) is 0 Å². The molecule has 6 nitrogen and oxygen atoms in total. The number of carboxylic acid groups (broad SMARTS) is 1. The molecule has 6 heteroatoms. The fourth-order valence-corrected chi connectivity index (χ4v) is 2.60. The van der Waals surface area contributed by atoms with Gasteiger partial charge < -0.3 is 19.2 Å². The molecule has 3 rings (SSSR count). The van der Waals surface area contributed by atoms with Crippen LogP contribution in [0.1, 0.15) is 11.3 Å². The molecule has 2 aromatic heterocycles. The van der Waals surface area contributed by atoms with Crippen molar-refractivity contribution in [2.24, 2.45) is 7.05 Å². The Morgan fingerprint density at radius 1 is 1.26 bits per heavy atom. The Bertz CT molecular complexity index is 963. The maximum atomic E-state index is 12.5. The summed E-state index contributed by atoms with van der Waals surface area (Å²) in [5.41, 5.74) is 1.75. The van der Waals surface area contributed by atoms with Crippen LogP contribution in [-0.2, 0) is 18.3 Å². The first kappa shape index (κ1) is 14.9. The molecule has 0 fully saturated rings. The van der Waals surface area contributed by atoms with Gasteiger partial charge in [0.1, 0.15) is 17.1 Å². The molecule has 0 aliphatic rings. The maximum absolute atomic E-state index is 12.5. The smallest absolute Gasteiger partial charge is 0.307 e. The Morgan fingerprint density at radius 2 is 1.91 bits per heavy atom. The van der Waals surface area contributed by atoms with Crippen LogP contribution in [0.2, 0.25) is 0 Å². The van der Waals surface area contributed by atoms with Crippen molar-refractivity contribution in [2.45, 2.75) is 13.3 Å². The molecular weight excluding hydrogens is 298 g/mol.